The van der Waals surface area contributed by atoms with Crippen molar-refractivity contribution in [2.45, 2.75) is 19.3 Å². The summed E-state index contributed by atoms with van der Waals surface area (Å²) in [7, 11) is 0. The van der Waals surface area contributed by atoms with E-state index in [9.17, 15) is 4.79 Å². The Morgan fingerprint density at radius 3 is 2.79 bits per heavy atom. The van der Waals surface area contributed by atoms with Crippen LogP contribution in [0.2, 0.25) is 0 Å². The predicted molar refractivity (Wildman–Crippen MR) is 85.5 cm³/mol. The molecule has 2 aliphatic rings. The van der Waals surface area contributed by atoms with E-state index in [1.54, 1.807) is 11.3 Å². The Bertz CT molecular complexity index is 559. The minimum Gasteiger partial charge on any atom is -0.351 e. The van der Waals surface area contributed by atoms with E-state index in [1.807, 2.05) is 17.5 Å². The van der Waals surface area contributed by atoms with Gasteiger partial charge in [0, 0.05) is 27.8 Å². The number of halogens is 1. The van der Waals surface area contributed by atoms with Gasteiger partial charge in [-0.05, 0) is 59.1 Å². The molecule has 1 fully saturated rings. The van der Waals surface area contributed by atoms with Gasteiger partial charge in [0.2, 0.25) is 0 Å². The van der Waals surface area contributed by atoms with Crippen molar-refractivity contribution in [3.05, 3.63) is 25.7 Å². The van der Waals surface area contributed by atoms with Crippen molar-refractivity contribution in [1.82, 2.24) is 4.90 Å². The van der Waals surface area contributed by atoms with Gasteiger partial charge in [-0.25, -0.2) is 0 Å². The molecule has 2 aliphatic heterocycles. The molecule has 0 aromatic carbocycles. The molecule has 6 heteroatoms. The Kier molecular flexibility index (Phi) is 4.10. The Balaban J connectivity index is 1.74. The number of likely N-dealkylation sites (tertiary alicyclic amines) is 1. The molecule has 1 saturated heterocycles. The molecule has 19 heavy (non-hydrogen) atoms. The number of carbonyl (C=O) groups is 1. The van der Waals surface area contributed by atoms with Gasteiger partial charge < -0.3 is 4.90 Å². The highest BCUT2D eigenvalue weighted by Gasteiger charge is 2.26. The van der Waals surface area contributed by atoms with Crippen molar-refractivity contribution >= 4 is 56.2 Å². The van der Waals surface area contributed by atoms with Crippen LogP contribution >= 0.6 is 39.0 Å². The number of hydrogen-bond donors (Lipinski definition) is 0. The van der Waals surface area contributed by atoms with Crippen LogP contribution in [-0.4, -0.2) is 29.1 Å². The van der Waals surface area contributed by atoms with Crippen LogP contribution < -0.4 is 0 Å². The molecule has 1 amide bonds. The second-order valence-corrected chi connectivity index (χ2v) is 7.39. The molecule has 100 valence electrons. The maximum absolute atomic E-state index is 11.9. The molecule has 3 rings (SSSR count). The first kappa shape index (κ1) is 13.4. The fourth-order valence-electron chi connectivity index (χ4n) is 2.15. The van der Waals surface area contributed by atoms with Crippen LogP contribution in [0, 0.1) is 0 Å². The number of hydrogen-bond acceptors (Lipinski definition) is 4. The Hall–Kier alpha value is -0.590. The largest absolute Gasteiger partial charge is 0.351 e. The molecule has 0 bridgehead atoms. The van der Waals surface area contributed by atoms with E-state index < -0.39 is 0 Å². The molecule has 0 spiro atoms. The molecular weight excluding hydrogens is 344 g/mol. The summed E-state index contributed by atoms with van der Waals surface area (Å²) in [5.74, 6) is -0.102. The molecule has 0 aliphatic carbocycles. The standard InChI is InChI=1S/C13H13BrN2OS2/c14-9-6-10(18-8-9)7-11-12(17)15-13(19-11)16-4-2-1-3-5-16/h6-8H,1-5H2/b11-7-. The highest BCUT2D eigenvalue weighted by Crippen LogP contribution is 2.33. The van der Waals surface area contributed by atoms with Gasteiger partial charge in [-0.15, -0.1) is 11.3 Å². The van der Waals surface area contributed by atoms with E-state index in [-0.39, 0.29) is 5.91 Å². The van der Waals surface area contributed by atoms with Crippen LogP contribution in [0.3, 0.4) is 0 Å². The number of rotatable bonds is 1. The molecule has 0 radical (unpaired) electrons. The highest BCUT2D eigenvalue weighted by atomic mass is 79.9. The Morgan fingerprint density at radius 2 is 2.11 bits per heavy atom. The van der Waals surface area contributed by atoms with Gasteiger partial charge in [0.1, 0.15) is 0 Å². The third kappa shape index (κ3) is 3.12. The fourth-order valence-corrected chi connectivity index (χ4v) is 4.56. The van der Waals surface area contributed by atoms with E-state index in [0.29, 0.717) is 0 Å². The number of piperidine rings is 1. The van der Waals surface area contributed by atoms with Crippen LogP contribution in [0.15, 0.2) is 25.8 Å². The number of thiophene rings is 1. The highest BCUT2D eigenvalue weighted by molar-refractivity contribution is 9.10. The number of aliphatic imine (C=N–C) groups is 1. The lowest BCUT2D eigenvalue weighted by Crippen LogP contribution is -2.33. The summed E-state index contributed by atoms with van der Waals surface area (Å²) in [6, 6.07) is 2.02. The van der Waals surface area contributed by atoms with Gasteiger partial charge >= 0.3 is 0 Å². The van der Waals surface area contributed by atoms with Crippen molar-refractivity contribution in [3.63, 3.8) is 0 Å². The van der Waals surface area contributed by atoms with Crippen molar-refractivity contribution in [1.29, 1.82) is 0 Å². The molecular formula is C13H13BrN2OS2. The molecule has 3 nitrogen and oxygen atoms in total. The second kappa shape index (κ2) is 5.81. The lowest BCUT2D eigenvalue weighted by atomic mass is 10.1. The van der Waals surface area contributed by atoms with E-state index in [1.165, 1.54) is 31.0 Å². The third-order valence-corrected chi connectivity index (χ3v) is 5.78. The quantitative estimate of drug-likeness (QED) is 0.713. The summed E-state index contributed by atoms with van der Waals surface area (Å²) in [5, 5.41) is 2.90. The molecule has 0 unspecified atom stereocenters. The van der Waals surface area contributed by atoms with E-state index >= 15 is 0 Å². The van der Waals surface area contributed by atoms with Crippen LogP contribution in [0.5, 0.6) is 0 Å². The van der Waals surface area contributed by atoms with Gasteiger partial charge in [-0.1, -0.05) is 0 Å². The van der Waals surface area contributed by atoms with Crippen molar-refractivity contribution in [3.8, 4) is 0 Å². The molecule has 3 heterocycles. The van der Waals surface area contributed by atoms with Crippen LogP contribution in [0.25, 0.3) is 6.08 Å². The number of amides is 1. The minimum absolute atomic E-state index is 0.102. The Labute approximate surface area is 128 Å². The Morgan fingerprint density at radius 1 is 1.32 bits per heavy atom. The molecule has 1 aromatic heterocycles. The summed E-state index contributed by atoms with van der Waals surface area (Å²) in [4.78, 5) is 20.2. The van der Waals surface area contributed by atoms with Gasteiger partial charge in [-0.3, -0.25) is 4.79 Å². The topological polar surface area (TPSA) is 32.7 Å². The summed E-state index contributed by atoms with van der Waals surface area (Å²) < 4.78 is 1.05. The zero-order valence-corrected chi connectivity index (χ0v) is 13.5. The molecule has 0 N–H and O–H groups in total. The average molecular weight is 357 g/mol. The zero-order chi connectivity index (χ0) is 13.2. The van der Waals surface area contributed by atoms with Crippen LogP contribution in [0.1, 0.15) is 24.1 Å². The summed E-state index contributed by atoms with van der Waals surface area (Å²) in [6.45, 7) is 2.05. The summed E-state index contributed by atoms with van der Waals surface area (Å²) in [5.41, 5.74) is 0. The number of amidine groups is 1. The van der Waals surface area contributed by atoms with Gasteiger partial charge in [0.25, 0.3) is 5.91 Å². The lowest BCUT2D eigenvalue weighted by molar-refractivity contribution is -0.113. The number of nitrogens with zero attached hydrogens (tertiary/aromatic N) is 2. The smallest absolute Gasteiger partial charge is 0.286 e. The lowest BCUT2D eigenvalue weighted by Gasteiger charge is -2.27. The normalized spacial score (nSPS) is 22.2. The van der Waals surface area contributed by atoms with Gasteiger partial charge in [0.15, 0.2) is 5.17 Å². The van der Waals surface area contributed by atoms with Crippen molar-refractivity contribution < 1.29 is 4.79 Å². The average Bonchev–Trinajstić information content (AvgIpc) is 2.98. The van der Waals surface area contributed by atoms with Crippen molar-refractivity contribution in [2.24, 2.45) is 4.99 Å². The van der Waals surface area contributed by atoms with Crippen LogP contribution in [0.4, 0.5) is 0 Å². The SMILES string of the molecule is O=C1N=C(N2CCCCC2)S/C1=C\c1cc(Br)cs1. The molecule has 1 aromatic rings. The van der Waals surface area contributed by atoms with Gasteiger partial charge in [0.05, 0.1) is 4.91 Å². The van der Waals surface area contributed by atoms with Gasteiger partial charge in [-0.2, -0.15) is 4.99 Å². The summed E-state index contributed by atoms with van der Waals surface area (Å²) in [6.07, 6.45) is 5.62. The third-order valence-electron chi connectivity index (χ3n) is 3.10. The first-order chi connectivity index (χ1) is 9.22. The minimum atomic E-state index is -0.102. The second-order valence-electron chi connectivity index (χ2n) is 4.53. The predicted octanol–water partition coefficient (Wildman–Crippen LogP) is 3.97. The number of carbonyl (C=O) groups excluding carboxylic acids is 1. The van der Waals surface area contributed by atoms with Crippen molar-refractivity contribution in [2.75, 3.05) is 13.1 Å². The fraction of sp³-hybridized carbons (Fsp3) is 0.385. The maximum Gasteiger partial charge on any atom is 0.286 e. The number of thioether (sulfide) groups is 1. The van der Waals surface area contributed by atoms with E-state index in [2.05, 4.69) is 25.8 Å². The van der Waals surface area contributed by atoms with E-state index in [0.717, 1.165) is 32.5 Å². The maximum atomic E-state index is 11.9. The first-order valence-corrected chi connectivity index (χ1v) is 8.73. The summed E-state index contributed by atoms with van der Waals surface area (Å²) >= 11 is 6.55. The first-order valence-electron chi connectivity index (χ1n) is 6.24. The van der Waals surface area contributed by atoms with Crippen LogP contribution in [-0.2, 0) is 4.79 Å². The molecule has 0 atom stereocenters. The van der Waals surface area contributed by atoms with E-state index in [4.69, 9.17) is 0 Å². The monoisotopic (exact) mass is 356 g/mol. The molecule has 0 saturated carbocycles. The zero-order valence-electron chi connectivity index (χ0n) is 10.3.